The first-order chi connectivity index (χ1) is 17.1. The van der Waals surface area contributed by atoms with Crippen molar-refractivity contribution in [3.05, 3.63) is 88.9 Å². The van der Waals surface area contributed by atoms with Gasteiger partial charge in [-0.1, -0.05) is 47.5 Å². The lowest BCUT2D eigenvalue weighted by Gasteiger charge is -1.99. The van der Waals surface area contributed by atoms with Gasteiger partial charge in [-0.15, -0.1) is 35.3 Å². The minimum absolute atomic E-state index is 0.758. The maximum atomic E-state index is 5.82. The molecule has 3 aromatic rings. The van der Waals surface area contributed by atoms with Crippen molar-refractivity contribution in [2.24, 2.45) is 17.2 Å². The predicted molar refractivity (Wildman–Crippen MR) is 163 cm³/mol. The average Bonchev–Trinajstić information content (AvgIpc) is 2.87. The Morgan fingerprint density at radius 3 is 1.43 bits per heavy atom. The summed E-state index contributed by atoms with van der Waals surface area (Å²) in [5, 5.41) is 1.59. The molecule has 0 amide bonds. The van der Waals surface area contributed by atoms with Gasteiger partial charge in [0.1, 0.15) is 0 Å². The molecular formula is C27H37Cl2N3S3. The van der Waals surface area contributed by atoms with Crippen molar-refractivity contribution in [3.8, 4) is 0 Å². The van der Waals surface area contributed by atoms with Crippen molar-refractivity contribution in [1.82, 2.24) is 0 Å². The van der Waals surface area contributed by atoms with Gasteiger partial charge in [0.05, 0.1) is 0 Å². The minimum Gasteiger partial charge on any atom is -0.330 e. The maximum absolute atomic E-state index is 5.82. The largest absolute Gasteiger partial charge is 0.330 e. The van der Waals surface area contributed by atoms with Crippen LogP contribution in [0.3, 0.4) is 0 Å². The van der Waals surface area contributed by atoms with Crippen molar-refractivity contribution in [2.75, 3.05) is 36.9 Å². The van der Waals surface area contributed by atoms with Gasteiger partial charge in [0, 0.05) is 24.7 Å². The van der Waals surface area contributed by atoms with Gasteiger partial charge >= 0.3 is 0 Å². The molecule has 0 aliphatic heterocycles. The van der Waals surface area contributed by atoms with Crippen LogP contribution >= 0.6 is 58.5 Å². The molecule has 3 rings (SSSR count). The smallest absolute Gasteiger partial charge is 0.0417 e. The molecule has 0 radical (unpaired) electrons. The molecule has 0 fully saturated rings. The Morgan fingerprint density at radius 2 is 0.943 bits per heavy atom. The van der Waals surface area contributed by atoms with Gasteiger partial charge in [-0.3, -0.25) is 0 Å². The standard InChI is InChI=1S/2C9H12ClNS.C9H13NS/c10-8-2-4-9(5-3-8)12-7-1-6-11;10-8-3-1-4-9(7-8)12-6-2-5-11;10-7-4-8-11-9-5-2-1-3-6-9/h2-5H,1,6-7,11H2;1,3-4,7H,2,5-6,11H2;1-3,5-6H,4,7-8,10H2. The summed E-state index contributed by atoms with van der Waals surface area (Å²) in [4.78, 5) is 3.81. The summed E-state index contributed by atoms with van der Waals surface area (Å²) in [6.07, 6.45) is 3.21. The summed E-state index contributed by atoms with van der Waals surface area (Å²) in [5.74, 6) is 3.27. The molecule has 0 aliphatic carbocycles. The van der Waals surface area contributed by atoms with Crippen molar-refractivity contribution in [2.45, 2.75) is 33.9 Å². The maximum Gasteiger partial charge on any atom is 0.0417 e. The number of hydrogen-bond donors (Lipinski definition) is 3. The van der Waals surface area contributed by atoms with Gasteiger partial charge in [0.2, 0.25) is 0 Å². The number of thioether (sulfide) groups is 3. The highest BCUT2D eigenvalue weighted by atomic mass is 35.5. The average molecular weight is 571 g/mol. The second-order valence-corrected chi connectivity index (χ2v) is 11.6. The van der Waals surface area contributed by atoms with Crippen LogP contribution < -0.4 is 17.2 Å². The molecule has 0 bridgehead atoms. The van der Waals surface area contributed by atoms with E-state index < -0.39 is 0 Å². The summed E-state index contributed by atoms with van der Waals surface area (Å²) in [7, 11) is 0. The fourth-order valence-corrected chi connectivity index (χ4v) is 5.51. The highest BCUT2D eigenvalue weighted by molar-refractivity contribution is 7.99. The molecule has 6 N–H and O–H groups in total. The first-order valence-corrected chi connectivity index (χ1v) is 15.3. The van der Waals surface area contributed by atoms with Gasteiger partial charge in [0.25, 0.3) is 0 Å². The molecule has 0 spiro atoms. The Labute approximate surface area is 234 Å². The van der Waals surface area contributed by atoms with Crippen LogP contribution in [0.15, 0.2) is 93.5 Å². The zero-order valence-corrected chi connectivity index (χ0v) is 24.0. The van der Waals surface area contributed by atoms with Gasteiger partial charge < -0.3 is 17.2 Å². The van der Waals surface area contributed by atoms with Crippen LogP contribution in [0.25, 0.3) is 0 Å². The Kier molecular flexibility index (Phi) is 20.6. The van der Waals surface area contributed by atoms with Crippen molar-refractivity contribution in [3.63, 3.8) is 0 Å². The van der Waals surface area contributed by atoms with E-state index in [2.05, 4.69) is 30.3 Å². The molecule has 0 unspecified atom stereocenters. The van der Waals surface area contributed by atoms with Crippen LogP contribution in [0.1, 0.15) is 19.3 Å². The van der Waals surface area contributed by atoms with Crippen molar-refractivity contribution >= 4 is 58.5 Å². The van der Waals surface area contributed by atoms with Gasteiger partial charge in [-0.05, 0) is 111 Å². The lowest BCUT2D eigenvalue weighted by molar-refractivity contribution is 0.943. The molecule has 8 heteroatoms. The number of halogens is 2. The predicted octanol–water partition coefficient (Wildman–Crippen LogP) is 7.69. The first-order valence-electron chi connectivity index (χ1n) is 11.6. The van der Waals surface area contributed by atoms with Crippen LogP contribution in [0.2, 0.25) is 10.0 Å². The zero-order chi connectivity index (χ0) is 25.6. The monoisotopic (exact) mass is 569 g/mol. The van der Waals surface area contributed by atoms with E-state index in [1.165, 1.54) is 14.7 Å². The van der Waals surface area contributed by atoms with Crippen LogP contribution in [0.5, 0.6) is 0 Å². The topological polar surface area (TPSA) is 78.1 Å². The third-order valence-corrected chi connectivity index (χ3v) is 7.97. The molecule has 3 nitrogen and oxygen atoms in total. The molecular weight excluding hydrogens is 533 g/mol. The fourth-order valence-electron chi connectivity index (χ4n) is 2.42. The van der Waals surface area contributed by atoms with Crippen molar-refractivity contribution in [1.29, 1.82) is 0 Å². The Morgan fingerprint density at radius 1 is 0.486 bits per heavy atom. The number of nitrogens with two attached hydrogens (primary N) is 3. The second-order valence-electron chi connectivity index (χ2n) is 7.20. The lowest BCUT2D eigenvalue weighted by Crippen LogP contribution is -1.99. The second kappa shape index (κ2) is 22.4. The molecule has 0 atom stereocenters. The van der Waals surface area contributed by atoms with E-state index in [0.29, 0.717) is 0 Å². The molecule has 0 saturated carbocycles. The minimum atomic E-state index is 0.758. The Balaban J connectivity index is 0.000000263. The molecule has 3 aromatic carbocycles. The first kappa shape index (κ1) is 32.2. The third-order valence-electron chi connectivity index (χ3n) is 4.20. The van der Waals surface area contributed by atoms with E-state index in [9.17, 15) is 0 Å². The molecule has 0 aromatic heterocycles. The number of hydrogen-bond acceptors (Lipinski definition) is 6. The zero-order valence-electron chi connectivity index (χ0n) is 20.1. The van der Waals surface area contributed by atoms with Crippen LogP contribution in [-0.4, -0.2) is 36.9 Å². The summed E-state index contributed by atoms with van der Waals surface area (Å²) in [6.45, 7) is 2.31. The normalized spacial score (nSPS) is 10.1. The summed E-state index contributed by atoms with van der Waals surface area (Å²) in [5.41, 5.74) is 16.1. The Bertz CT molecular complexity index is 884. The quantitative estimate of drug-likeness (QED) is 0.153. The van der Waals surface area contributed by atoms with E-state index >= 15 is 0 Å². The van der Waals surface area contributed by atoms with E-state index in [1.54, 1.807) is 11.8 Å². The van der Waals surface area contributed by atoms with E-state index in [1.807, 2.05) is 72.1 Å². The van der Waals surface area contributed by atoms with Crippen molar-refractivity contribution < 1.29 is 0 Å². The molecule has 192 valence electrons. The van der Waals surface area contributed by atoms with Gasteiger partial charge in [-0.2, -0.15) is 0 Å². The van der Waals surface area contributed by atoms with Crippen LogP contribution in [-0.2, 0) is 0 Å². The summed E-state index contributed by atoms with van der Waals surface area (Å²) in [6, 6.07) is 26.2. The highest BCUT2D eigenvalue weighted by Crippen LogP contribution is 2.22. The van der Waals surface area contributed by atoms with E-state index in [0.717, 1.165) is 66.2 Å². The molecule has 35 heavy (non-hydrogen) atoms. The number of benzene rings is 3. The Hall–Kier alpha value is -0.830. The van der Waals surface area contributed by atoms with Crippen LogP contribution in [0.4, 0.5) is 0 Å². The SMILES string of the molecule is NCCCSc1ccc(Cl)cc1.NCCCSc1cccc(Cl)c1.NCCCSc1ccccc1. The number of rotatable bonds is 12. The third kappa shape index (κ3) is 18.1. The van der Waals surface area contributed by atoms with E-state index in [4.69, 9.17) is 40.4 Å². The van der Waals surface area contributed by atoms with Gasteiger partial charge in [-0.25, -0.2) is 0 Å². The summed E-state index contributed by atoms with van der Waals surface area (Å²) < 4.78 is 0. The fraction of sp³-hybridized carbons (Fsp3) is 0.333. The molecule has 0 aliphatic rings. The highest BCUT2D eigenvalue weighted by Gasteiger charge is 1.94. The summed E-state index contributed by atoms with van der Waals surface area (Å²) >= 11 is 17.0. The lowest BCUT2D eigenvalue weighted by atomic mass is 10.4. The van der Waals surface area contributed by atoms with E-state index in [-0.39, 0.29) is 0 Å². The van der Waals surface area contributed by atoms with Crippen LogP contribution in [0, 0.1) is 0 Å². The van der Waals surface area contributed by atoms with Gasteiger partial charge in [0.15, 0.2) is 0 Å². The molecule has 0 saturated heterocycles. The molecule has 0 heterocycles.